The summed E-state index contributed by atoms with van der Waals surface area (Å²) < 4.78 is 0. The Morgan fingerprint density at radius 1 is 1.22 bits per heavy atom. The van der Waals surface area contributed by atoms with Gasteiger partial charge in [0.25, 0.3) is 5.91 Å². The molecule has 0 bridgehead atoms. The van der Waals surface area contributed by atoms with E-state index in [4.69, 9.17) is 0 Å². The first kappa shape index (κ1) is 16.3. The number of amides is 2. The number of nitrogens with zero attached hydrogens (tertiary/aromatic N) is 1. The molecule has 3 heterocycles. The number of fused-ring (bicyclic) bond motifs is 2. The van der Waals surface area contributed by atoms with Crippen LogP contribution in [0.25, 0.3) is 0 Å². The molecule has 2 unspecified atom stereocenters. The zero-order valence-electron chi connectivity index (χ0n) is 13.0. The summed E-state index contributed by atoms with van der Waals surface area (Å²) in [4.78, 5) is 26.2. The van der Waals surface area contributed by atoms with Crippen molar-refractivity contribution in [1.29, 1.82) is 0 Å². The SMILES string of the molecule is Cl.O=C1CCc2cc(C(=O)N3CCC4NCCC4C3)ccc2N1. The van der Waals surface area contributed by atoms with Crippen molar-refractivity contribution in [3.63, 3.8) is 0 Å². The van der Waals surface area contributed by atoms with Crippen LogP contribution in [0.1, 0.15) is 35.2 Å². The molecule has 6 heteroatoms. The molecule has 0 saturated carbocycles. The molecule has 2 amide bonds. The normalized spacial score (nSPS) is 25.9. The molecule has 0 aromatic heterocycles. The van der Waals surface area contributed by atoms with E-state index in [0.29, 0.717) is 18.4 Å². The molecule has 2 atom stereocenters. The molecule has 5 nitrogen and oxygen atoms in total. The number of rotatable bonds is 1. The molecule has 1 aromatic rings. The molecule has 4 rings (SSSR count). The second kappa shape index (κ2) is 6.49. The van der Waals surface area contributed by atoms with Crippen molar-refractivity contribution in [2.75, 3.05) is 25.0 Å². The van der Waals surface area contributed by atoms with Gasteiger partial charge in [-0.2, -0.15) is 0 Å². The summed E-state index contributed by atoms with van der Waals surface area (Å²) >= 11 is 0. The number of hydrogen-bond acceptors (Lipinski definition) is 3. The quantitative estimate of drug-likeness (QED) is 0.823. The van der Waals surface area contributed by atoms with Crippen LogP contribution in [-0.2, 0) is 11.2 Å². The predicted molar refractivity (Wildman–Crippen MR) is 91.1 cm³/mol. The van der Waals surface area contributed by atoms with Gasteiger partial charge in [0.05, 0.1) is 0 Å². The molecule has 124 valence electrons. The van der Waals surface area contributed by atoms with Crippen LogP contribution in [0, 0.1) is 5.92 Å². The molecular formula is C17H22ClN3O2. The standard InChI is InChI=1S/C17H21N3O2.ClH/c21-16-4-2-11-9-12(1-3-15(11)19-16)17(22)20-8-6-14-13(10-20)5-7-18-14;/h1,3,9,13-14,18H,2,4-8,10H2,(H,19,21);1H. The lowest BCUT2D eigenvalue weighted by Gasteiger charge is -2.35. The largest absolute Gasteiger partial charge is 0.338 e. The Balaban J connectivity index is 0.00000156. The molecule has 3 aliphatic rings. The van der Waals surface area contributed by atoms with Crippen molar-refractivity contribution in [2.45, 2.75) is 31.7 Å². The fraction of sp³-hybridized carbons (Fsp3) is 0.529. The average Bonchev–Trinajstić information content (AvgIpc) is 3.01. The van der Waals surface area contributed by atoms with E-state index in [9.17, 15) is 9.59 Å². The third-order valence-corrected chi connectivity index (χ3v) is 5.19. The first-order valence-corrected chi connectivity index (χ1v) is 8.16. The maximum Gasteiger partial charge on any atom is 0.253 e. The topological polar surface area (TPSA) is 61.4 Å². The lowest BCUT2D eigenvalue weighted by atomic mass is 9.92. The minimum atomic E-state index is 0. The van der Waals surface area contributed by atoms with Crippen molar-refractivity contribution in [1.82, 2.24) is 10.2 Å². The highest BCUT2D eigenvalue weighted by Crippen LogP contribution is 2.27. The van der Waals surface area contributed by atoms with Crippen molar-refractivity contribution in [3.05, 3.63) is 29.3 Å². The second-order valence-electron chi connectivity index (χ2n) is 6.57. The number of piperidine rings is 1. The summed E-state index contributed by atoms with van der Waals surface area (Å²) in [5.41, 5.74) is 2.67. The van der Waals surface area contributed by atoms with Crippen LogP contribution in [0.2, 0.25) is 0 Å². The fourth-order valence-corrected chi connectivity index (χ4v) is 3.93. The lowest BCUT2D eigenvalue weighted by molar-refractivity contribution is -0.116. The number of carbonyl (C=O) groups excluding carboxylic acids is 2. The van der Waals surface area contributed by atoms with Crippen molar-refractivity contribution in [2.24, 2.45) is 5.92 Å². The highest BCUT2D eigenvalue weighted by Gasteiger charge is 2.34. The molecule has 0 aliphatic carbocycles. The number of nitrogens with one attached hydrogen (secondary N) is 2. The van der Waals surface area contributed by atoms with Gasteiger partial charge in [0.15, 0.2) is 0 Å². The number of likely N-dealkylation sites (tertiary alicyclic amines) is 1. The zero-order valence-corrected chi connectivity index (χ0v) is 13.8. The van der Waals surface area contributed by atoms with E-state index < -0.39 is 0 Å². The van der Waals surface area contributed by atoms with E-state index in [1.54, 1.807) is 0 Å². The third kappa shape index (κ3) is 3.08. The van der Waals surface area contributed by atoms with Gasteiger partial charge in [0.1, 0.15) is 0 Å². The Morgan fingerprint density at radius 3 is 2.96 bits per heavy atom. The van der Waals surface area contributed by atoms with Crippen LogP contribution in [-0.4, -0.2) is 42.4 Å². The van der Waals surface area contributed by atoms with E-state index in [0.717, 1.165) is 49.3 Å². The summed E-state index contributed by atoms with van der Waals surface area (Å²) in [6.45, 7) is 2.78. The molecule has 0 spiro atoms. The summed E-state index contributed by atoms with van der Waals surface area (Å²) in [5, 5.41) is 6.39. The van der Waals surface area contributed by atoms with E-state index in [1.165, 1.54) is 6.42 Å². The second-order valence-corrected chi connectivity index (χ2v) is 6.57. The van der Waals surface area contributed by atoms with Gasteiger partial charge in [-0.05, 0) is 55.5 Å². The smallest absolute Gasteiger partial charge is 0.253 e. The fourth-order valence-electron chi connectivity index (χ4n) is 3.93. The minimum absolute atomic E-state index is 0. The summed E-state index contributed by atoms with van der Waals surface area (Å²) in [5.74, 6) is 0.794. The molecule has 2 fully saturated rings. The van der Waals surface area contributed by atoms with Gasteiger partial charge in [-0.3, -0.25) is 9.59 Å². The van der Waals surface area contributed by atoms with Gasteiger partial charge in [0.2, 0.25) is 5.91 Å². The van der Waals surface area contributed by atoms with Gasteiger partial charge >= 0.3 is 0 Å². The van der Waals surface area contributed by atoms with Gasteiger partial charge in [-0.15, -0.1) is 12.4 Å². The Bertz CT molecular complexity index is 634. The lowest BCUT2D eigenvalue weighted by Crippen LogP contribution is -2.46. The summed E-state index contributed by atoms with van der Waals surface area (Å²) in [7, 11) is 0. The van der Waals surface area contributed by atoms with E-state index in [2.05, 4.69) is 10.6 Å². The van der Waals surface area contributed by atoms with E-state index >= 15 is 0 Å². The van der Waals surface area contributed by atoms with E-state index in [-0.39, 0.29) is 24.2 Å². The zero-order chi connectivity index (χ0) is 15.1. The Labute approximate surface area is 142 Å². The number of anilines is 1. The van der Waals surface area contributed by atoms with Gasteiger partial charge in [-0.1, -0.05) is 0 Å². The first-order chi connectivity index (χ1) is 10.7. The predicted octanol–water partition coefficient (Wildman–Crippen LogP) is 1.82. The van der Waals surface area contributed by atoms with Crippen LogP contribution in [0.3, 0.4) is 0 Å². The number of aryl methyl sites for hydroxylation is 1. The van der Waals surface area contributed by atoms with Crippen LogP contribution < -0.4 is 10.6 Å². The van der Waals surface area contributed by atoms with Crippen LogP contribution in [0.15, 0.2) is 18.2 Å². The van der Waals surface area contributed by atoms with Crippen molar-refractivity contribution in [3.8, 4) is 0 Å². The number of benzene rings is 1. The van der Waals surface area contributed by atoms with E-state index in [1.807, 2.05) is 23.1 Å². The molecule has 1 aromatic carbocycles. The monoisotopic (exact) mass is 335 g/mol. The Kier molecular flexibility index (Phi) is 4.60. The molecule has 2 N–H and O–H groups in total. The highest BCUT2D eigenvalue weighted by atomic mass is 35.5. The summed E-state index contributed by atoms with van der Waals surface area (Å²) in [6, 6.07) is 6.26. The van der Waals surface area contributed by atoms with Gasteiger partial charge < -0.3 is 15.5 Å². The highest BCUT2D eigenvalue weighted by molar-refractivity contribution is 5.98. The number of hydrogen-bond donors (Lipinski definition) is 2. The molecular weight excluding hydrogens is 314 g/mol. The third-order valence-electron chi connectivity index (χ3n) is 5.19. The molecule has 0 radical (unpaired) electrons. The minimum Gasteiger partial charge on any atom is -0.338 e. The van der Waals surface area contributed by atoms with Crippen molar-refractivity contribution >= 4 is 29.9 Å². The summed E-state index contributed by atoms with van der Waals surface area (Å²) in [6.07, 6.45) is 3.45. The molecule has 23 heavy (non-hydrogen) atoms. The van der Waals surface area contributed by atoms with Crippen LogP contribution in [0.5, 0.6) is 0 Å². The Hall–Kier alpha value is -1.59. The van der Waals surface area contributed by atoms with Gasteiger partial charge in [0, 0.05) is 36.8 Å². The molecule has 3 aliphatic heterocycles. The maximum atomic E-state index is 12.8. The van der Waals surface area contributed by atoms with Crippen LogP contribution >= 0.6 is 12.4 Å². The van der Waals surface area contributed by atoms with Crippen molar-refractivity contribution < 1.29 is 9.59 Å². The maximum absolute atomic E-state index is 12.8. The number of halogens is 1. The number of carbonyl (C=O) groups is 2. The average molecular weight is 336 g/mol. The van der Waals surface area contributed by atoms with Crippen LogP contribution in [0.4, 0.5) is 5.69 Å². The Morgan fingerprint density at radius 2 is 2.09 bits per heavy atom. The van der Waals surface area contributed by atoms with Gasteiger partial charge in [-0.25, -0.2) is 0 Å². The first-order valence-electron chi connectivity index (χ1n) is 8.16. The molecule has 2 saturated heterocycles.